The zero-order valence-corrected chi connectivity index (χ0v) is 30.9. The monoisotopic (exact) mass is 772 g/mol. The van der Waals surface area contributed by atoms with Gasteiger partial charge in [-0.1, -0.05) is 41.9 Å². The van der Waals surface area contributed by atoms with Gasteiger partial charge in [0.05, 0.1) is 10.6 Å². The van der Waals surface area contributed by atoms with Gasteiger partial charge in [0, 0.05) is 70.2 Å². The van der Waals surface area contributed by atoms with Gasteiger partial charge in [-0.05, 0) is 97.5 Å². The Morgan fingerprint density at radius 3 is 2.61 bits per heavy atom. The lowest BCUT2D eigenvalue weighted by Crippen LogP contribution is -2.33. The number of halogens is 2. The number of unbranched alkanes of at least 4 members (excludes halogenated alkanes) is 1. The highest BCUT2D eigenvalue weighted by molar-refractivity contribution is 9.10. The molecule has 5 rings (SSSR count). The van der Waals surface area contributed by atoms with E-state index in [0.29, 0.717) is 33.2 Å². The van der Waals surface area contributed by atoms with E-state index in [2.05, 4.69) is 42.5 Å². The number of nitrogens with zero attached hydrogens (tertiary/aromatic N) is 3. The molecule has 0 radical (unpaired) electrons. The van der Waals surface area contributed by atoms with Crippen LogP contribution in [-0.2, 0) is 24.6 Å². The van der Waals surface area contributed by atoms with Gasteiger partial charge in [0.25, 0.3) is 0 Å². The van der Waals surface area contributed by atoms with Crippen molar-refractivity contribution in [2.24, 2.45) is 0 Å². The number of hydrogen-bond donors (Lipinski definition) is 4. The predicted molar refractivity (Wildman–Crippen MR) is 204 cm³/mol. The first-order chi connectivity index (χ1) is 24.8. The first-order valence-electron chi connectivity index (χ1n) is 17.0. The molecule has 0 bridgehead atoms. The summed E-state index contributed by atoms with van der Waals surface area (Å²) in [6.07, 6.45) is 9.33. The molecule has 1 fully saturated rings. The number of aromatic nitrogens is 1. The molecular weight excluding hydrogens is 732 g/mol. The highest BCUT2D eigenvalue weighted by atomic mass is 79.9. The van der Waals surface area contributed by atoms with Gasteiger partial charge in [-0.3, -0.25) is 9.78 Å². The van der Waals surface area contributed by atoms with Gasteiger partial charge in [0.2, 0.25) is 0 Å². The number of benzene rings is 3. The number of hydrogen-bond acceptors (Lipinski definition) is 9. The first-order valence-corrected chi connectivity index (χ1v) is 18.2. The van der Waals surface area contributed by atoms with Crippen molar-refractivity contribution in [3.8, 4) is 28.7 Å². The number of carbonyl (C=O) groups is 1. The molecule has 1 unspecified atom stereocenters. The predicted octanol–water partition coefficient (Wildman–Crippen LogP) is 8.04. The lowest BCUT2D eigenvalue weighted by molar-refractivity contribution is -0.139. The van der Waals surface area contributed by atoms with E-state index >= 15 is 0 Å². The molecule has 12 heteroatoms. The molecule has 4 N–H and O–H groups in total. The van der Waals surface area contributed by atoms with Crippen LogP contribution in [-0.4, -0.2) is 59.4 Å². The van der Waals surface area contributed by atoms with Crippen molar-refractivity contribution in [3.05, 3.63) is 104 Å². The van der Waals surface area contributed by atoms with Crippen LogP contribution in [0.4, 0.5) is 5.69 Å². The summed E-state index contributed by atoms with van der Waals surface area (Å²) in [5.74, 6) is -0.139. The molecule has 51 heavy (non-hydrogen) atoms. The Kier molecular flexibility index (Phi) is 13.8. The highest BCUT2D eigenvalue weighted by Crippen LogP contribution is 2.38. The number of rotatable bonds is 18. The fourth-order valence-electron chi connectivity index (χ4n) is 5.95. The summed E-state index contributed by atoms with van der Waals surface area (Å²) in [6.45, 7) is 6.47. The van der Waals surface area contributed by atoms with E-state index in [1.807, 2.05) is 36.4 Å². The second-order valence-corrected chi connectivity index (χ2v) is 13.7. The Morgan fingerprint density at radius 1 is 1.08 bits per heavy atom. The number of carboxylic acid groups (broad SMARTS) is 1. The van der Waals surface area contributed by atoms with Crippen molar-refractivity contribution < 1.29 is 19.4 Å². The summed E-state index contributed by atoms with van der Waals surface area (Å²) < 4.78 is 13.3. The molecule has 0 spiro atoms. The maximum atomic E-state index is 11.4. The van der Waals surface area contributed by atoms with Crippen LogP contribution in [0, 0.1) is 16.7 Å². The van der Waals surface area contributed by atoms with E-state index in [4.69, 9.17) is 26.5 Å². The third-order valence-corrected chi connectivity index (χ3v) is 10.1. The second kappa shape index (κ2) is 18.7. The van der Waals surface area contributed by atoms with E-state index in [1.54, 1.807) is 31.3 Å². The van der Waals surface area contributed by atoms with Gasteiger partial charge in [-0.2, -0.15) is 5.26 Å². The molecule has 0 aliphatic carbocycles. The lowest BCUT2D eigenvalue weighted by atomic mass is 9.97. The van der Waals surface area contributed by atoms with Crippen LogP contribution in [0.5, 0.6) is 11.5 Å². The Labute approximate surface area is 312 Å². The first kappa shape index (κ1) is 37.8. The maximum absolute atomic E-state index is 11.4. The van der Waals surface area contributed by atoms with E-state index in [0.717, 1.165) is 58.3 Å². The number of pyridine rings is 1. The van der Waals surface area contributed by atoms with Crippen molar-refractivity contribution in [1.82, 2.24) is 15.2 Å². The Bertz CT molecular complexity index is 1880. The fourth-order valence-corrected chi connectivity index (χ4v) is 6.79. The maximum Gasteiger partial charge on any atom is 0.320 e. The van der Waals surface area contributed by atoms with Gasteiger partial charge in [0.1, 0.15) is 36.8 Å². The summed E-state index contributed by atoms with van der Waals surface area (Å²) >= 11 is 10.5. The van der Waals surface area contributed by atoms with Crippen LogP contribution < -0.4 is 20.1 Å². The molecule has 4 aromatic rings. The minimum Gasteiger partial charge on any atom is -0.488 e. The molecule has 10 nitrogen and oxygen atoms in total. The molecule has 1 aliphatic rings. The highest BCUT2D eigenvalue weighted by Gasteiger charge is 2.18. The zero-order chi connectivity index (χ0) is 36.2. The van der Waals surface area contributed by atoms with Gasteiger partial charge < -0.3 is 35.5 Å². The minimum absolute atomic E-state index is 0.126. The number of anilines is 1. The van der Waals surface area contributed by atoms with Crippen LogP contribution in [0.2, 0.25) is 5.02 Å². The number of ether oxygens (including phenoxy) is 2. The third kappa shape index (κ3) is 10.3. The van der Waals surface area contributed by atoms with Gasteiger partial charge in [-0.15, -0.1) is 0 Å². The van der Waals surface area contributed by atoms with Crippen LogP contribution in [0.3, 0.4) is 0 Å². The molecular formula is C39H42BrClN6O4. The quantitative estimate of drug-likeness (QED) is 0.0584. The number of nitrogens with one attached hydrogen (secondary N) is 3. The Morgan fingerprint density at radius 2 is 1.84 bits per heavy atom. The van der Waals surface area contributed by atoms with Crippen molar-refractivity contribution in [1.29, 1.82) is 10.7 Å². The molecule has 1 aromatic heterocycles. The number of aliphatic carboxylic acids is 1. The minimum atomic E-state index is -0.977. The second-order valence-electron chi connectivity index (χ2n) is 12.5. The Balaban J connectivity index is 1.31. The molecule has 1 saturated heterocycles. The van der Waals surface area contributed by atoms with E-state index in [9.17, 15) is 15.2 Å². The summed E-state index contributed by atoms with van der Waals surface area (Å²) in [6, 6.07) is 18.4. The fraction of sp³-hybridized carbons (Fsp3) is 0.333. The lowest BCUT2D eigenvalue weighted by Gasteiger charge is -2.18. The van der Waals surface area contributed by atoms with Crippen molar-refractivity contribution in [2.45, 2.75) is 58.4 Å². The van der Waals surface area contributed by atoms with Crippen molar-refractivity contribution in [2.75, 3.05) is 31.5 Å². The average Bonchev–Trinajstić information content (AvgIpc) is 3.67. The summed E-state index contributed by atoms with van der Waals surface area (Å²) in [7, 11) is 0. The molecule has 3 aromatic carbocycles. The average molecular weight is 774 g/mol. The Hall–Kier alpha value is -4.47. The zero-order valence-electron chi connectivity index (χ0n) is 28.6. The van der Waals surface area contributed by atoms with Crippen LogP contribution >= 0.6 is 27.5 Å². The van der Waals surface area contributed by atoms with Gasteiger partial charge >= 0.3 is 5.97 Å². The van der Waals surface area contributed by atoms with Crippen molar-refractivity contribution >= 4 is 45.4 Å². The van der Waals surface area contributed by atoms with E-state index in [-0.39, 0.29) is 19.8 Å². The SMILES string of the molecule is CC(NCc1cc(Cl)c(OCc2cccc(-c3cccc(NCCCCN4CCCC4)c3C=N)c2Br)cc1OCc1cncc(C#N)c1)C(=O)O. The van der Waals surface area contributed by atoms with Crippen LogP contribution in [0.15, 0.2) is 71.5 Å². The largest absolute Gasteiger partial charge is 0.488 e. The summed E-state index contributed by atoms with van der Waals surface area (Å²) in [5.41, 5.74) is 6.25. The number of nitriles is 1. The molecule has 1 aliphatic heterocycles. The topological polar surface area (TPSA) is 144 Å². The molecule has 0 amide bonds. The van der Waals surface area contributed by atoms with E-state index < -0.39 is 12.0 Å². The molecule has 0 saturated carbocycles. The smallest absolute Gasteiger partial charge is 0.320 e. The van der Waals surface area contributed by atoms with Crippen LogP contribution in [0.25, 0.3) is 11.1 Å². The molecule has 2 heterocycles. The standard InChI is InChI=1S/C39H42BrClN6O4/c1-26(39(48)49)46-23-30-17-34(41)37(18-36(30)50-24-28-16-27(19-42)21-44-22-28)51-25-29-8-6-10-32(38(29)40)31-9-7-11-35(33(31)20-43)45-12-2-3-13-47-14-4-5-15-47/h6-11,16-18,20-22,26,43,45-46H,2-5,12-15,23-25H2,1H3,(H,48,49). The molecule has 266 valence electrons. The number of carboxylic acids is 1. The van der Waals surface area contributed by atoms with E-state index in [1.165, 1.54) is 38.3 Å². The molecule has 1 atom stereocenters. The normalized spacial score (nSPS) is 13.4. The summed E-state index contributed by atoms with van der Waals surface area (Å²) in [5, 5.41) is 33.8. The number of likely N-dealkylation sites (tertiary alicyclic amines) is 1. The van der Waals surface area contributed by atoms with Gasteiger partial charge in [0.15, 0.2) is 0 Å². The van der Waals surface area contributed by atoms with Crippen molar-refractivity contribution in [3.63, 3.8) is 0 Å². The van der Waals surface area contributed by atoms with Gasteiger partial charge in [-0.25, -0.2) is 0 Å². The third-order valence-electron chi connectivity index (χ3n) is 8.82. The summed E-state index contributed by atoms with van der Waals surface area (Å²) in [4.78, 5) is 18.1. The van der Waals surface area contributed by atoms with Crippen LogP contribution in [0.1, 0.15) is 60.4 Å².